The first-order valence-corrected chi connectivity index (χ1v) is 14.8. The highest BCUT2D eigenvalue weighted by atomic mass is 31.2. The van der Waals surface area contributed by atoms with Gasteiger partial charge in [-0.25, -0.2) is 4.39 Å². The molecule has 5 rings (SSSR count). The van der Waals surface area contributed by atoms with Crippen LogP contribution in [0.2, 0.25) is 0 Å². The van der Waals surface area contributed by atoms with Gasteiger partial charge in [0.1, 0.15) is 17.7 Å². The molecule has 0 N–H and O–H groups in total. The lowest BCUT2D eigenvalue weighted by molar-refractivity contribution is 0.207. The third-order valence-electron chi connectivity index (χ3n) is 6.99. The van der Waals surface area contributed by atoms with Crippen LogP contribution >= 0.6 is 7.14 Å². The van der Waals surface area contributed by atoms with Gasteiger partial charge in [0.15, 0.2) is 0 Å². The molecule has 0 aromatic heterocycles. The molecule has 2 aliphatic carbocycles. The largest absolute Gasteiger partial charge is 0.486 e. The van der Waals surface area contributed by atoms with Gasteiger partial charge in [-0.05, 0) is 104 Å². The summed E-state index contributed by atoms with van der Waals surface area (Å²) in [5.41, 5.74) is 6.33. The Morgan fingerprint density at radius 2 is 1.85 bits per heavy atom. The van der Waals surface area contributed by atoms with Crippen LogP contribution in [0.1, 0.15) is 53.5 Å². The van der Waals surface area contributed by atoms with Crippen molar-refractivity contribution in [3.05, 3.63) is 88.7 Å². The van der Waals surface area contributed by atoms with E-state index in [1.54, 1.807) is 12.1 Å². The molecule has 0 amide bonds. The monoisotopic (exact) mass is 462 g/mol. The van der Waals surface area contributed by atoms with Crippen LogP contribution in [0.5, 0.6) is 5.75 Å². The molecular weight excluding hydrogens is 430 g/mol. The van der Waals surface area contributed by atoms with Crippen molar-refractivity contribution in [2.45, 2.75) is 44.6 Å². The molecular formula is C29H32FO2P. The van der Waals surface area contributed by atoms with Crippen LogP contribution in [0.4, 0.5) is 4.39 Å². The number of aryl methyl sites for hydroxylation is 2. The Labute approximate surface area is 196 Å². The summed E-state index contributed by atoms with van der Waals surface area (Å²) in [4.78, 5) is 0. The number of hydrogen-bond acceptors (Lipinski definition) is 2. The Morgan fingerprint density at radius 1 is 1.03 bits per heavy atom. The molecule has 3 aromatic carbocycles. The molecule has 1 unspecified atom stereocenters. The van der Waals surface area contributed by atoms with Crippen LogP contribution in [0.3, 0.4) is 0 Å². The van der Waals surface area contributed by atoms with Crippen molar-refractivity contribution in [2.75, 3.05) is 19.5 Å². The second kappa shape index (κ2) is 8.76. The normalized spacial score (nSPS) is 18.7. The van der Waals surface area contributed by atoms with Gasteiger partial charge >= 0.3 is 0 Å². The summed E-state index contributed by atoms with van der Waals surface area (Å²) in [6, 6.07) is 19.9. The van der Waals surface area contributed by atoms with Crippen molar-refractivity contribution in [3.8, 4) is 16.9 Å². The predicted octanol–water partition coefficient (Wildman–Crippen LogP) is 7.98. The van der Waals surface area contributed by atoms with E-state index in [0.717, 1.165) is 35.9 Å². The average Bonchev–Trinajstić information content (AvgIpc) is 3.55. The van der Waals surface area contributed by atoms with Crippen molar-refractivity contribution in [3.63, 3.8) is 0 Å². The van der Waals surface area contributed by atoms with Gasteiger partial charge in [0.05, 0.1) is 7.14 Å². The molecule has 4 heteroatoms. The predicted molar refractivity (Wildman–Crippen MR) is 134 cm³/mol. The molecule has 0 aliphatic heterocycles. The lowest BCUT2D eigenvalue weighted by Crippen LogP contribution is -2.08. The fourth-order valence-corrected chi connectivity index (χ4v) is 6.67. The van der Waals surface area contributed by atoms with Crippen molar-refractivity contribution < 1.29 is 13.7 Å². The first-order valence-electron chi connectivity index (χ1n) is 12.0. The van der Waals surface area contributed by atoms with Crippen LogP contribution in [-0.2, 0) is 11.0 Å². The van der Waals surface area contributed by atoms with E-state index in [1.807, 2.05) is 38.5 Å². The second-order valence-electron chi connectivity index (χ2n) is 10.3. The molecule has 2 atom stereocenters. The molecule has 1 fully saturated rings. The van der Waals surface area contributed by atoms with E-state index in [-0.39, 0.29) is 11.9 Å². The van der Waals surface area contributed by atoms with Gasteiger partial charge in [0.2, 0.25) is 0 Å². The quantitative estimate of drug-likeness (QED) is 0.333. The summed E-state index contributed by atoms with van der Waals surface area (Å²) < 4.78 is 33.4. The summed E-state index contributed by atoms with van der Waals surface area (Å²) in [5, 5.41) is 0. The van der Waals surface area contributed by atoms with Crippen LogP contribution in [0, 0.1) is 18.7 Å². The van der Waals surface area contributed by atoms with Crippen molar-refractivity contribution >= 4 is 7.14 Å². The number of fused-ring (bicyclic) bond motifs is 1. The Morgan fingerprint density at radius 3 is 2.61 bits per heavy atom. The van der Waals surface area contributed by atoms with Crippen molar-refractivity contribution in [2.24, 2.45) is 5.92 Å². The minimum atomic E-state index is -2.09. The molecule has 2 aliphatic rings. The van der Waals surface area contributed by atoms with Gasteiger partial charge in [-0.1, -0.05) is 42.0 Å². The zero-order chi connectivity index (χ0) is 23.2. The minimum absolute atomic E-state index is 0.00878. The summed E-state index contributed by atoms with van der Waals surface area (Å²) in [7, 11) is -2.09. The summed E-state index contributed by atoms with van der Waals surface area (Å²) in [5.74, 6) is 1.71. The highest BCUT2D eigenvalue weighted by Gasteiger charge is 2.35. The molecule has 172 valence electrons. The Hall–Kier alpha value is -2.38. The molecule has 2 nitrogen and oxygen atoms in total. The second-order valence-corrected chi connectivity index (χ2v) is 13.8. The maximum Gasteiger partial charge on any atom is 0.131 e. The maximum absolute atomic E-state index is 14.4. The first kappa shape index (κ1) is 22.4. The maximum atomic E-state index is 14.4. The third kappa shape index (κ3) is 5.09. The number of halogens is 1. The molecule has 0 bridgehead atoms. The van der Waals surface area contributed by atoms with Crippen LogP contribution < -0.4 is 4.74 Å². The topological polar surface area (TPSA) is 26.3 Å². The van der Waals surface area contributed by atoms with E-state index in [2.05, 4.69) is 30.3 Å². The van der Waals surface area contributed by atoms with E-state index in [4.69, 9.17) is 4.74 Å². The Kier molecular flexibility index (Phi) is 5.95. The van der Waals surface area contributed by atoms with Crippen LogP contribution in [-0.4, -0.2) is 19.5 Å². The van der Waals surface area contributed by atoms with E-state index in [0.29, 0.717) is 17.4 Å². The summed E-state index contributed by atoms with van der Waals surface area (Å²) >= 11 is 0. The summed E-state index contributed by atoms with van der Waals surface area (Å²) in [6.07, 6.45) is 5.09. The third-order valence-corrected chi connectivity index (χ3v) is 8.26. The fourth-order valence-electron chi connectivity index (χ4n) is 5.21. The molecule has 3 aromatic rings. The fraction of sp³-hybridized carbons (Fsp3) is 0.379. The standard InChI is InChI=1S/C29H32FO2P/c1-19-7-13-28(30)26(15-19)23-10-12-25-22(16-23)11-14-29(25)32-24-6-4-5-21(17-24)27(20-8-9-20)18-33(2,3)31/h4-7,10,12-13,15-17,20,27,29H,8-9,11,14,18H2,1-3H3/t27-,29?/m0/s1. The molecule has 0 heterocycles. The zero-order valence-corrected chi connectivity index (χ0v) is 20.6. The van der Waals surface area contributed by atoms with E-state index < -0.39 is 7.14 Å². The Balaban J connectivity index is 1.36. The summed E-state index contributed by atoms with van der Waals surface area (Å²) in [6.45, 7) is 5.78. The van der Waals surface area contributed by atoms with E-state index in [1.165, 1.54) is 29.5 Å². The van der Waals surface area contributed by atoms with Crippen LogP contribution in [0.15, 0.2) is 60.7 Å². The minimum Gasteiger partial charge on any atom is -0.486 e. The first-order chi connectivity index (χ1) is 15.8. The SMILES string of the molecule is Cc1ccc(F)c(-c2ccc3c(c2)CCC3Oc2cccc([C@@H](CP(C)(C)=O)C3CC3)c2)c1. The molecule has 0 spiro atoms. The van der Waals surface area contributed by atoms with Gasteiger partial charge in [-0.3, -0.25) is 0 Å². The number of benzene rings is 3. The zero-order valence-electron chi connectivity index (χ0n) is 19.7. The Bertz CT molecular complexity index is 1220. The lowest BCUT2D eigenvalue weighted by atomic mass is 9.96. The molecule has 0 radical (unpaired) electrons. The lowest BCUT2D eigenvalue weighted by Gasteiger charge is -2.21. The van der Waals surface area contributed by atoms with Crippen LogP contribution in [0.25, 0.3) is 11.1 Å². The van der Waals surface area contributed by atoms with Crippen molar-refractivity contribution in [1.82, 2.24) is 0 Å². The van der Waals surface area contributed by atoms with E-state index in [9.17, 15) is 8.96 Å². The molecule has 0 saturated heterocycles. The number of rotatable bonds is 7. The highest BCUT2D eigenvalue weighted by Crippen LogP contribution is 2.51. The van der Waals surface area contributed by atoms with Crippen molar-refractivity contribution in [1.29, 1.82) is 0 Å². The van der Waals surface area contributed by atoms with E-state index >= 15 is 0 Å². The highest BCUT2D eigenvalue weighted by molar-refractivity contribution is 7.62. The number of ether oxygens (including phenoxy) is 1. The van der Waals surface area contributed by atoms with Gasteiger partial charge in [-0.15, -0.1) is 0 Å². The van der Waals surface area contributed by atoms with Gasteiger partial charge in [-0.2, -0.15) is 0 Å². The van der Waals surface area contributed by atoms with Gasteiger partial charge in [0, 0.05) is 11.7 Å². The van der Waals surface area contributed by atoms with Gasteiger partial charge in [0.25, 0.3) is 0 Å². The van der Waals surface area contributed by atoms with Gasteiger partial charge < -0.3 is 9.30 Å². The molecule has 33 heavy (non-hydrogen) atoms. The smallest absolute Gasteiger partial charge is 0.131 e. The average molecular weight is 463 g/mol. The number of hydrogen-bond donors (Lipinski definition) is 0. The molecule has 1 saturated carbocycles.